The molecule has 32 heavy (non-hydrogen) atoms. The van der Waals surface area contributed by atoms with Crippen LogP contribution in [-0.4, -0.2) is 24.7 Å². The van der Waals surface area contributed by atoms with E-state index in [4.69, 9.17) is 4.74 Å². The second-order valence-electron chi connectivity index (χ2n) is 7.85. The van der Waals surface area contributed by atoms with Crippen molar-refractivity contribution in [3.63, 3.8) is 0 Å². The van der Waals surface area contributed by atoms with Crippen LogP contribution in [-0.2, 0) is 12.8 Å². The SMILES string of the molecule is CCNCCc1c(CC)[nH]c2cccc(-c3ccccc3OCC)c12.Cc1ccccc1. The van der Waals surface area contributed by atoms with Gasteiger partial charge in [-0.2, -0.15) is 0 Å². The van der Waals surface area contributed by atoms with E-state index < -0.39 is 0 Å². The van der Waals surface area contributed by atoms with Gasteiger partial charge in [-0.15, -0.1) is 0 Å². The molecule has 0 saturated carbocycles. The van der Waals surface area contributed by atoms with Gasteiger partial charge in [0, 0.05) is 22.2 Å². The molecule has 168 valence electrons. The van der Waals surface area contributed by atoms with Crippen LogP contribution < -0.4 is 10.1 Å². The van der Waals surface area contributed by atoms with E-state index in [2.05, 4.69) is 79.6 Å². The minimum atomic E-state index is 0.674. The number of aromatic amines is 1. The molecular formula is C29H36N2O. The van der Waals surface area contributed by atoms with Gasteiger partial charge in [0.1, 0.15) is 5.75 Å². The minimum absolute atomic E-state index is 0.674. The zero-order valence-corrected chi connectivity index (χ0v) is 19.9. The average molecular weight is 429 g/mol. The Morgan fingerprint density at radius 1 is 0.812 bits per heavy atom. The number of H-pyrrole nitrogens is 1. The number of aryl methyl sites for hydroxylation is 2. The summed E-state index contributed by atoms with van der Waals surface area (Å²) in [6.45, 7) is 11.2. The van der Waals surface area contributed by atoms with Crippen LogP contribution in [0, 0.1) is 6.92 Å². The van der Waals surface area contributed by atoms with Gasteiger partial charge in [-0.3, -0.25) is 0 Å². The van der Waals surface area contributed by atoms with Crippen molar-refractivity contribution in [2.24, 2.45) is 0 Å². The summed E-state index contributed by atoms with van der Waals surface area (Å²) in [5, 5.41) is 4.79. The molecular weight excluding hydrogens is 392 g/mol. The first-order valence-corrected chi connectivity index (χ1v) is 11.8. The van der Waals surface area contributed by atoms with Crippen molar-refractivity contribution in [3.05, 3.63) is 89.6 Å². The zero-order chi connectivity index (χ0) is 22.8. The van der Waals surface area contributed by atoms with Crippen molar-refractivity contribution < 1.29 is 4.74 Å². The predicted octanol–water partition coefficient (Wildman–Crippen LogP) is 6.94. The lowest BCUT2D eigenvalue weighted by atomic mass is 9.96. The largest absolute Gasteiger partial charge is 0.493 e. The number of likely N-dealkylation sites (N-methyl/N-ethyl adjacent to an activating group) is 1. The third-order valence-electron chi connectivity index (χ3n) is 5.59. The first-order chi connectivity index (χ1) is 15.7. The Morgan fingerprint density at radius 3 is 2.19 bits per heavy atom. The summed E-state index contributed by atoms with van der Waals surface area (Å²) in [6.07, 6.45) is 2.05. The van der Waals surface area contributed by atoms with Crippen molar-refractivity contribution in [2.45, 2.75) is 40.5 Å². The number of aromatic nitrogens is 1. The fourth-order valence-electron chi connectivity index (χ4n) is 4.07. The molecule has 0 aliphatic carbocycles. The molecule has 0 aliphatic heterocycles. The van der Waals surface area contributed by atoms with Crippen molar-refractivity contribution >= 4 is 10.9 Å². The van der Waals surface area contributed by atoms with Crippen LogP contribution in [0.4, 0.5) is 0 Å². The molecule has 4 rings (SSSR count). The highest BCUT2D eigenvalue weighted by atomic mass is 16.5. The van der Waals surface area contributed by atoms with E-state index in [1.807, 2.05) is 31.2 Å². The highest BCUT2D eigenvalue weighted by Crippen LogP contribution is 2.38. The number of fused-ring (bicyclic) bond motifs is 1. The Balaban J connectivity index is 0.000000352. The molecule has 0 atom stereocenters. The van der Waals surface area contributed by atoms with Crippen LogP contribution in [0.1, 0.15) is 37.6 Å². The number of nitrogens with one attached hydrogen (secondary N) is 2. The molecule has 3 nitrogen and oxygen atoms in total. The molecule has 2 N–H and O–H groups in total. The van der Waals surface area contributed by atoms with Crippen molar-refractivity contribution in [2.75, 3.05) is 19.7 Å². The van der Waals surface area contributed by atoms with Gasteiger partial charge in [0.05, 0.1) is 6.61 Å². The van der Waals surface area contributed by atoms with Crippen molar-refractivity contribution in [1.82, 2.24) is 10.3 Å². The normalized spacial score (nSPS) is 10.6. The number of ether oxygens (including phenoxy) is 1. The summed E-state index contributed by atoms with van der Waals surface area (Å²) in [5.74, 6) is 0.953. The third-order valence-corrected chi connectivity index (χ3v) is 5.59. The minimum Gasteiger partial charge on any atom is -0.493 e. The molecule has 3 heteroatoms. The summed E-state index contributed by atoms with van der Waals surface area (Å²) in [7, 11) is 0. The Labute approximate surface area is 192 Å². The number of benzene rings is 3. The van der Waals surface area contributed by atoms with Gasteiger partial charge < -0.3 is 15.0 Å². The molecule has 0 spiro atoms. The van der Waals surface area contributed by atoms with Crippen LogP contribution in [0.25, 0.3) is 22.0 Å². The molecule has 1 heterocycles. The number of hydrogen-bond donors (Lipinski definition) is 2. The summed E-state index contributed by atoms with van der Waals surface area (Å²) in [4.78, 5) is 3.63. The summed E-state index contributed by atoms with van der Waals surface area (Å²) in [5.41, 5.74) is 7.73. The summed E-state index contributed by atoms with van der Waals surface area (Å²) >= 11 is 0. The average Bonchev–Trinajstić information content (AvgIpc) is 3.19. The maximum Gasteiger partial charge on any atom is 0.127 e. The molecule has 4 aromatic rings. The Bertz CT molecular complexity index is 1100. The predicted molar refractivity (Wildman–Crippen MR) is 138 cm³/mol. The lowest BCUT2D eigenvalue weighted by molar-refractivity contribution is 0.341. The molecule has 0 radical (unpaired) electrons. The second kappa shape index (κ2) is 12.1. The van der Waals surface area contributed by atoms with Gasteiger partial charge in [0.15, 0.2) is 0 Å². The lowest BCUT2D eigenvalue weighted by Gasteiger charge is -2.13. The van der Waals surface area contributed by atoms with E-state index in [0.29, 0.717) is 6.61 Å². The molecule has 3 aromatic carbocycles. The molecule has 0 unspecified atom stereocenters. The molecule has 0 bridgehead atoms. The highest BCUT2D eigenvalue weighted by Gasteiger charge is 2.16. The maximum absolute atomic E-state index is 5.89. The van der Waals surface area contributed by atoms with E-state index in [-0.39, 0.29) is 0 Å². The van der Waals surface area contributed by atoms with E-state index in [1.165, 1.54) is 38.9 Å². The number of hydrogen-bond acceptors (Lipinski definition) is 2. The van der Waals surface area contributed by atoms with E-state index in [9.17, 15) is 0 Å². The van der Waals surface area contributed by atoms with Gasteiger partial charge in [0.2, 0.25) is 0 Å². The van der Waals surface area contributed by atoms with E-state index in [0.717, 1.165) is 31.7 Å². The second-order valence-corrected chi connectivity index (χ2v) is 7.85. The quantitative estimate of drug-likeness (QED) is 0.298. The fourth-order valence-corrected chi connectivity index (χ4v) is 4.07. The van der Waals surface area contributed by atoms with Gasteiger partial charge in [-0.25, -0.2) is 0 Å². The standard InChI is InChI=1S/C22H28N2O.C7H8/c1-4-19-18(14-15-23-5-2)22-17(11-9-12-20(22)24-19)16-10-7-8-13-21(16)25-6-3;1-7-5-3-2-4-6-7/h7-13,23-24H,4-6,14-15H2,1-3H3;2-6H,1H3. The monoisotopic (exact) mass is 428 g/mol. The molecule has 0 aliphatic rings. The topological polar surface area (TPSA) is 37.0 Å². The van der Waals surface area contributed by atoms with Gasteiger partial charge in [-0.1, -0.05) is 80.1 Å². The summed E-state index contributed by atoms with van der Waals surface area (Å²) in [6, 6.07) is 25.1. The fraction of sp³-hybridized carbons (Fsp3) is 0.310. The number of para-hydroxylation sites is 1. The first kappa shape index (κ1) is 23.6. The molecule has 0 fully saturated rings. The third kappa shape index (κ3) is 5.80. The van der Waals surface area contributed by atoms with Crippen LogP contribution in [0.3, 0.4) is 0 Å². The van der Waals surface area contributed by atoms with Crippen LogP contribution in [0.5, 0.6) is 5.75 Å². The van der Waals surface area contributed by atoms with Crippen molar-refractivity contribution in [3.8, 4) is 16.9 Å². The Morgan fingerprint density at radius 2 is 1.53 bits per heavy atom. The smallest absolute Gasteiger partial charge is 0.127 e. The molecule has 0 saturated heterocycles. The van der Waals surface area contributed by atoms with E-state index in [1.54, 1.807) is 0 Å². The van der Waals surface area contributed by atoms with Gasteiger partial charge in [-0.05, 0) is 63.0 Å². The summed E-state index contributed by atoms with van der Waals surface area (Å²) < 4.78 is 5.89. The first-order valence-electron chi connectivity index (χ1n) is 11.8. The Kier molecular flexibility index (Phi) is 8.94. The van der Waals surface area contributed by atoms with Crippen LogP contribution >= 0.6 is 0 Å². The van der Waals surface area contributed by atoms with Crippen molar-refractivity contribution in [1.29, 1.82) is 0 Å². The highest BCUT2D eigenvalue weighted by molar-refractivity contribution is 5.99. The van der Waals surface area contributed by atoms with Gasteiger partial charge >= 0.3 is 0 Å². The number of rotatable bonds is 8. The van der Waals surface area contributed by atoms with E-state index >= 15 is 0 Å². The molecule has 0 amide bonds. The molecule has 1 aromatic heterocycles. The Hall–Kier alpha value is -3.04. The maximum atomic E-state index is 5.89. The van der Waals surface area contributed by atoms with Crippen LogP contribution in [0.15, 0.2) is 72.8 Å². The zero-order valence-electron chi connectivity index (χ0n) is 19.9. The van der Waals surface area contributed by atoms with Gasteiger partial charge in [0.25, 0.3) is 0 Å². The van der Waals surface area contributed by atoms with Crippen LogP contribution in [0.2, 0.25) is 0 Å². The lowest BCUT2D eigenvalue weighted by Crippen LogP contribution is -2.16.